The first kappa shape index (κ1) is 30.4. The number of benzene rings is 9. The van der Waals surface area contributed by atoms with Gasteiger partial charge in [0.1, 0.15) is 0 Å². The van der Waals surface area contributed by atoms with Crippen molar-refractivity contribution >= 4 is 54.3 Å². The smallest absolute Gasteiger partial charge is 0.0748 e. The van der Waals surface area contributed by atoms with Crippen LogP contribution in [-0.4, -0.2) is 14.3 Å². The fourth-order valence-electron chi connectivity index (χ4n) is 8.44. The molecule has 9 aromatic carbocycles. The number of nitrogens with zero attached hydrogens (tertiary/aromatic N) is 3. The molecule has 0 N–H and O–H groups in total. The lowest BCUT2D eigenvalue weighted by Gasteiger charge is -2.17. The number of hydrogen-bond donors (Lipinski definition) is 0. The molecule has 0 radical (unpaired) electrons. The molecule has 0 aliphatic heterocycles. The maximum atomic E-state index is 4.96. The molecule has 252 valence electrons. The topological polar surface area (TPSA) is 22.8 Å². The Balaban J connectivity index is 1.24. The van der Waals surface area contributed by atoms with Crippen LogP contribution in [0.1, 0.15) is 0 Å². The molecule has 0 unspecified atom stereocenters. The maximum Gasteiger partial charge on any atom is 0.0748 e. The van der Waals surface area contributed by atoms with E-state index in [4.69, 9.17) is 5.10 Å². The van der Waals surface area contributed by atoms with Crippen LogP contribution in [-0.2, 0) is 0 Å². The van der Waals surface area contributed by atoms with Crippen LogP contribution in [0.2, 0.25) is 0 Å². The molecule has 2 heterocycles. The van der Waals surface area contributed by atoms with Crippen LogP contribution in [0, 0.1) is 0 Å². The number of rotatable bonds is 5. The van der Waals surface area contributed by atoms with Crippen LogP contribution in [0.4, 0.5) is 0 Å². The second-order valence-corrected chi connectivity index (χ2v) is 14.0. The average molecular weight is 688 g/mol. The molecule has 2 aromatic heterocycles. The summed E-state index contributed by atoms with van der Waals surface area (Å²) in [6.45, 7) is 0. The van der Waals surface area contributed by atoms with E-state index in [1.807, 2.05) is 12.3 Å². The van der Waals surface area contributed by atoms with Crippen LogP contribution in [0.5, 0.6) is 0 Å². The molecule has 0 amide bonds. The summed E-state index contributed by atoms with van der Waals surface area (Å²) in [6.07, 6.45) is 2.04. The highest BCUT2D eigenvalue weighted by atomic mass is 15.3. The van der Waals surface area contributed by atoms with Gasteiger partial charge in [-0.3, -0.25) is 0 Å². The van der Waals surface area contributed by atoms with Crippen molar-refractivity contribution in [3.8, 4) is 44.8 Å². The quantitative estimate of drug-likeness (QED) is 0.165. The average Bonchev–Trinajstić information content (AvgIpc) is 3.83. The molecule has 0 atom stereocenters. The second-order valence-electron chi connectivity index (χ2n) is 14.0. The molecule has 0 aliphatic rings. The van der Waals surface area contributed by atoms with Crippen molar-refractivity contribution in [3.05, 3.63) is 200 Å². The number of fused-ring (bicyclic) bond motifs is 8. The van der Waals surface area contributed by atoms with E-state index in [-0.39, 0.29) is 0 Å². The molecule has 0 spiro atoms. The van der Waals surface area contributed by atoms with Gasteiger partial charge in [-0.1, -0.05) is 133 Å². The minimum absolute atomic E-state index is 1.05. The molecule has 3 heteroatoms. The fraction of sp³-hybridized carbons (Fsp3) is 0. The summed E-state index contributed by atoms with van der Waals surface area (Å²) in [5.41, 5.74) is 12.7. The highest BCUT2D eigenvalue weighted by Gasteiger charge is 2.21. The monoisotopic (exact) mass is 687 g/mol. The second kappa shape index (κ2) is 12.2. The molecule has 11 aromatic rings. The third-order valence-electron chi connectivity index (χ3n) is 10.9. The van der Waals surface area contributed by atoms with Gasteiger partial charge in [0.2, 0.25) is 0 Å². The summed E-state index contributed by atoms with van der Waals surface area (Å²) < 4.78 is 4.54. The lowest BCUT2D eigenvalue weighted by atomic mass is 9.92. The van der Waals surface area contributed by atoms with Gasteiger partial charge in [0.25, 0.3) is 0 Å². The van der Waals surface area contributed by atoms with Gasteiger partial charge in [0, 0.05) is 21.7 Å². The first-order valence-corrected chi connectivity index (χ1v) is 18.5. The molecular weight excluding hydrogens is 655 g/mol. The van der Waals surface area contributed by atoms with E-state index < -0.39 is 0 Å². The molecule has 0 saturated carbocycles. The normalized spacial score (nSPS) is 11.7. The number of aromatic nitrogens is 3. The van der Waals surface area contributed by atoms with E-state index in [9.17, 15) is 0 Å². The Kier molecular flexibility index (Phi) is 6.86. The summed E-state index contributed by atoms with van der Waals surface area (Å²) in [5, 5.41) is 13.5. The molecule has 0 saturated heterocycles. The van der Waals surface area contributed by atoms with Crippen molar-refractivity contribution in [2.24, 2.45) is 0 Å². The van der Waals surface area contributed by atoms with Crippen LogP contribution in [0.3, 0.4) is 0 Å². The highest BCUT2D eigenvalue weighted by Crippen LogP contribution is 2.43. The van der Waals surface area contributed by atoms with Crippen LogP contribution >= 0.6 is 0 Å². The Labute approximate surface area is 312 Å². The zero-order valence-electron chi connectivity index (χ0n) is 29.4. The summed E-state index contributed by atoms with van der Waals surface area (Å²) in [4.78, 5) is 0. The van der Waals surface area contributed by atoms with Crippen molar-refractivity contribution in [1.29, 1.82) is 0 Å². The van der Waals surface area contributed by atoms with Gasteiger partial charge in [-0.05, 0) is 110 Å². The Morgan fingerprint density at radius 1 is 0.352 bits per heavy atom. The van der Waals surface area contributed by atoms with Gasteiger partial charge >= 0.3 is 0 Å². The van der Waals surface area contributed by atoms with Crippen LogP contribution in [0.25, 0.3) is 99.0 Å². The largest absolute Gasteiger partial charge is 0.309 e. The third kappa shape index (κ3) is 4.79. The highest BCUT2D eigenvalue weighted by molar-refractivity contribution is 6.24. The van der Waals surface area contributed by atoms with Gasteiger partial charge in [-0.15, -0.1) is 0 Å². The molecular formula is C51H33N3. The minimum Gasteiger partial charge on any atom is -0.309 e. The zero-order chi connectivity index (χ0) is 35.6. The van der Waals surface area contributed by atoms with Crippen LogP contribution < -0.4 is 0 Å². The van der Waals surface area contributed by atoms with E-state index >= 15 is 0 Å². The zero-order valence-corrected chi connectivity index (χ0v) is 29.4. The Morgan fingerprint density at radius 2 is 0.963 bits per heavy atom. The van der Waals surface area contributed by atoms with E-state index in [2.05, 4.69) is 197 Å². The minimum atomic E-state index is 1.05. The summed E-state index contributed by atoms with van der Waals surface area (Å²) in [7, 11) is 0. The Morgan fingerprint density at radius 3 is 1.72 bits per heavy atom. The van der Waals surface area contributed by atoms with E-state index in [1.165, 1.54) is 71.2 Å². The molecule has 0 aliphatic carbocycles. The van der Waals surface area contributed by atoms with Gasteiger partial charge in [0.15, 0.2) is 0 Å². The number of para-hydroxylation sites is 2. The van der Waals surface area contributed by atoms with Gasteiger partial charge in [-0.2, -0.15) is 5.10 Å². The van der Waals surface area contributed by atoms with E-state index in [0.717, 1.165) is 27.8 Å². The molecule has 54 heavy (non-hydrogen) atoms. The first-order valence-electron chi connectivity index (χ1n) is 18.5. The Bertz CT molecular complexity index is 3130. The van der Waals surface area contributed by atoms with Gasteiger partial charge in [0.05, 0.1) is 34.1 Å². The van der Waals surface area contributed by atoms with E-state index in [1.54, 1.807) is 0 Å². The van der Waals surface area contributed by atoms with Gasteiger partial charge < -0.3 is 4.57 Å². The molecule has 11 rings (SSSR count). The predicted molar refractivity (Wildman–Crippen MR) is 227 cm³/mol. The predicted octanol–water partition coefficient (Wildman–Crippen LogP) is 13.4. The van der Waals surface area contributed by atoms with Crippen molar-refractivity contribution < 1.29 is 0 Å². The van der Waals surface area contributed by atoms with Crippen molar-refractivity contribution in [1.82, 2.24) is 14.3 Å². The lowest BCUT2D eigenvalue weighted by molar-refractivity contribution is 0.911. The summed E-state index contributed by atoms with van der Waals surface area (Å²) in [6, 6.07) is 70.2. The van der Waals surface area contributed by atoms with Gasteiger partial charge in [-0.25, -0.2) is 4.68 Å². The molecule has 0 bridgehead atoms. The number of hydrogen-bond acceptors (Lipinski definition) is 1. The Hall–Kier alpha value is -7.23. The fourth-order valence-corrected chi connectivity index (χ4v) is 8.44. The maximum absolute atomic E-state index is 4.96. The standard InChI is InChI=1S/C51H33N3/c1-4-14-34(15-5-1)38-28-39(35-16-6-2-7-17-35)30-40(29-38)43-22-12-13-23-47(43)53-49-27-26-48-46(33-52-54(48)41-19-8-3-9-20-41)51(49)45-31-37-25-24-36-18-10-11-21-42(36)44(37)32-50(45)53/h1-33H. The SMILES string of the molecule is c1ccc(-c2cc(-c3ccccc3)cc(-c3ccccc3-n3c4cc5c(ccc6ccccc65)cc4c4c5cnn(-c6ccccc6)c5ccc43)c2)cc1. The van der Waals surface area contributed by atoms with Crippen molar-refractivity contribution in [3.63, 3.8) is 0 Å². The third-order valence-corrected chi connectivity index (χ3v) is 10.9. The first-order chi connectivity index (χ1) is 26.8. The summed E-state index contributed by atoms with van der Waals surface area (Å²) in [5.74, 6) is 0. The van der Waals surface area contributed by atoms with E-state index in [0.29, 0.717) is 0 Å². The molecule has 0 fully saturated rings. The summed E-state index contributed by atoms with van der Waals surface area (Å²) >= 11 is 0. The van der Waals surface area contributed by atoms with Crippen molar-refractivity contribution in [2.45, 2.75) is 0 Å². The van der Waals surface area contributed by atoms with Crippen molar-refractivity contribution in [2.75, 3.05) is 0 Å². The molecule has 3 nitrogen and oxygen atoms in total. The lowest BCUT2D eigenvalue weighted by Crippen LogP contribution is -1.98. The van der Waals surface area contributed by atoms with Crippen LogP contribution in [0.15, 0.2) is 200 Å².